The molecule has 0 bridgehead atoms. The summed E-state index contributed by atoms with van der Waals surface area (Å²) >= 11 is 0. The fourth-order valence-electron chi connectivity index (χ4n) is 5.76. The Morgan fingerprint density at radius 3 is 2.35 bits per heavy atom. The van der Waals surface area contributed by atoms with Crippen LogP contribution in [0.15, 0.2) is 48.5 Å². The van der Waals surface area contributed by atoms with Crippen LogP contribution in [0.5, 0.6) is 0 Å². The van der Waals surface area contributed by atoms with Crippen LogP contribution < -0.4 is 10.6 Å². The second-order valence-corrected chi connectivity index (χ2v) is 12.4. The highest BCUT2D eigenvalue weighted by Crippen LogP contribution is 2.46. The van der Waals surface area contributed by atoms with E-state index in [0.717, 1.165) is 24.3 Å². The van der Waals surface area contributed by atoms with Crippen LogP contribution in [0.4, 0.5) is 18.9 Å². The molecule has 228 valence electrons. The molecule has 43 heavy (non-hydrogen) atoms. The van der Waals surface area contributed by atoms with E-state index < -0.39 is 58.4 Å². The molecule has 0 aromatic heterocycles. The Kier molecular flexibility index (Phi) is 8.33. The molecule has 2 N–H and O–H groups in total. The quantitative estimate of drug-likeness (QED) is 0.519. The number of alkyl halides is 3. The molecule has 9 nitrogen and oxygen atoms in total. The third-order valence-electron chi connectivity index (χ3n) is 8.01. The van der Waals surface area contributed by atoms with Crippen molar-refractivity contribution in [3.8, 4) is 6.07 Å². The van der Waals surface area contributed by atoms with Gasteiger partial charge in [-0.05, 0) is 54.7 Å². The van der Waals surface area contributed by atoms with Crippen LogP contribution in [-0.2, 0) is 26.0 Å². The van der Waals surface area contributed by atoms with Crippen LogP contribution >= 0.6 is 0 Å². The van der Waals surface area contributed by atoms with Gasteiger partial charge in [0.25, 0.3) is 5.91 Å². The summed E-state index contributed by atoms with van der Waals surface area (Å²) in [6.07, 6.45) is -4.23. The van der Waals surface area contributed by atoms with E-state index in [2.05, 4.69) is 16.7 Å². The van der Waals surface area contributed by atoms with E-state index in [0.29, 0.717) is 11.3 Å². The first kappa shape index (κ1) is 31.5. The van der Waals surface area contributed by atoms with Crippen LogP contribution in [0.25, 0.3) is 0 Å². The number of nitrogens with one attached hydrogen (secondary N) is 2. The molecule has 0 aliphatic carbocycles. The number of likely N-dealkylation sites (tertiary alicyclic amines) is 1. The molecule has 2 aliphatic heterocycles. The molecule has 4 atom stereocenters. The van der Waals surface area contributed by atoms with Gasteiger partial charge < -0.3 is 20.4 Å². The number of carbonyl (C=O) groups is 4. The lowest BCUT2D eigenvalue weighted by Crippen LogP contribution is -2.56. The summed E-state index contributed by atoms with van der Waals surface area (Å²) in [5, 5.41) is 15.4. The highest BCUT2D eigenvalue weighted by atomic mass is 19.4. The summed E-state index contributed by atoms with van der Waals surface area (Å²) in [6.45, 7) is 7.08. The van der Waals surface area contributed by atoms with Gasteiger partial charge in [0.05, 0.1) is 17.0 Å². The number of carbonyl (C=O) groups excluding carboxylic acids is 4. The lowest BCUT2D eigenvalue weighted by atomic mass is 9.80. The van der Waals surface area contributed by atoms with Crippen molar-refractivity contribution in [3.05, 3.63) is 65.2 Å². The van der Waals surface area contributed by atoms with E-state index in [9.17, 15) is 37.6 Å². The minimum absolute atomic E-state index is 0.0320. The molecule has 4 amide bonds. The fourth-order valence-corrected chi connectivity index (χ4v) is 5.76. The second-order valence-electron chi connectivity index (χ2n) is 12.4. The first-order chi connectivity index (χ1) is 20.0. The minimum Gasteiger partial charge on any atom is -0.341 e. The maximum atomic E-state index is 14.1. The molecule has 1 saturated heterocycles. The van der Waals surface area contributed by atoms with Gasteiger partial charge in [0.2, 0.25) is 17.7 Å². The van der Waals surface area contributed by atoms with Gasteiger partial charge in [-0.1, -0.05) is 39.0 Å². The summed E-state index contributed by atoms with van der Waals surface area (Å²) in [7, 11) is 1.43. The number of amides is 4. The number of para-hydroxylation sites is 1. The number of halogens is 3. The average molecular weight is 598 g/mol. The highest BCUT2D eigenvalue weighted by molar-refractivity contribution is 6.07. The zero-order valence-electron chi connectivity index (χ0n) is 24.6. The summed E-state index contributed by atoms with van der Waals surface area (Å²) in [5.74, 6) is -2.14. The van der Waals surface area contributed by atoms with Crippen molar-refractivity contribution in [2.24, 2.45) is 5.41 Å². The number of likely N-dealkylation sites (N-methyl/N-ethyl adjacent to an activating group) is 1. The van der Waals surface area contributed by atoms with E-state index in [4.69, 9.17) is 0 Å². The van der Waals surface area contributed by atoms with Gasteiger partial charge >= 0.3 is 6.18 Å². The Morgan fingerprint density at radius 1 is 1.14 bits per heavy atom. The number of nitriles is 1. The van der Waals surface area contributed by atoms with E-state index >= 15 is 0 Å². The zero-order valence-corrected chi connectivity index (χ0v) is 24.6. The van der Waals surface area contributed by atoms with E-state index in [1.165, 1.54) is 23.8 Å². The molecule has 2 aliphatic rings. The number of nitrogens with zero attached hydrogens (tertiary/aromatic N) is 3. The molecule has 2 heterocycles. The molecular formula is C31H34F3N5O4. The first-order valence-corrected chi connectivity index (χ1v) is 13.8. The smallest absolute Gasteiger partial charge is 0.341 e. The number of hydrogen-bond acceptors (Lipinski definition) is 5. The number of rotatable bonds is 6. The van der Waals surface area contributed by atoms with Gasteiger partial charge in [0, 0.05) is 31.3 Å². The number of hydrogen-bond donors (Lipinski definition) is 2. The average Bonchev–Trinajstić information content (AvgIpc) is 3.47. The summed E-state index contributed by atoms with van der Waals surface area (Å²) in [4.78, 5) is 56.2. The molecule has 0 saturated carbocycles. The zero-order chi connectivity index (χ0) is 31.9. The van der Waals surface area contributed by atoms with Crippen molar-refractivity contribution in [2.75, 3.05) is 18.9 Å². The largest absolute Gasteiger partial charge is 0.416 e. The standard InChI is InChI=1S/C31H34F3N5O4/c1-18(36-25(40)19-10-12-20(13-11-19)31(32,33)34)26(41)38(5)24(15-29(2,3)4)27(42)39-17-30(14-21(39)16-35)22-8-6-7-9-23(22)37-28(30)43/h6-13,18,21,24H,14-15,17H2,1-5H3,(H,36,40)(H,37,43)/t18-,21-,24-,30-/m0/s1. The fraction of sp³-hybridized carbons (Fsp3) is 0.452. The Morgan fingerprint density at radius 2 is 1.77 bits per heavy atom. The van der Waals surface area contributed by atoms with E-state index in [-0.39, 0.29) is 30.9 Å². The van der Waals surface area contributed by atoms with Crippen molar-refractivity contribution in [1.29, 1.82) is 5.26 Å². The molecule has 1 spiro atoms. The Labute approximate surface area is 248 Å². The molecule has 0 radical (unpaired) electrons. The second kappa shape index (κ2) is 11.4. The van der Waals surface area contributed by atoms with Crippen molar-refractivity contribution < 1.29 is 32.3 Å². The lowest BCUT2D eigenvalue weighted by molar-refractivity contribution is -0.146. The summed E-state index contributed by atoms with van der Waals surface area (Å²) < 4.78 is 38.7. The van der Waals surface area contributed by atoms with Gasteiger partial charge in [-0.15, -0.1) is 0 Å². The van der Waals surface area contributed by atoms with Crippen LogP contribution in [0.2, 0.25) is 0 Å². The third-order valence-corrected chi connectivity index (χ3v) is 8.01. The van der Waals surface area contributed by atoms with Crippen LogP contribution in [0.1, 0.15) is 62.0 Å². The highest BCUT2D eigenvalue weighted by Gasteiger charge is 2.57. The molecule has 1 fully saturated rings. The number of fused-ring (bicyclic) bond motifs is 2. The summed E-state index contributed by atoms with van der Waals surface area (Å²) in [6, 6.07) is 9.85. The van der Waals surface area contributed by atoms with Crippen molar-refractivity contribution in [3.63, 3.8) is 0 Å². The third kappa shape index (κ3) is 6.21. The molecule has 2 aromatic carbocycles. The lowest BCUT2D eigenvalue weighted by Gasteiger charge is -2.36. The predicted molar refractivity (Wildman–Crippen MR) is 151 cm³/mol. The number of benzene rings is 2. The molecule has 4 rings (SSSR count). The van der Waals surface area contributed by atoms with Crippen molar-refractivity contribution in [1.82, 2.24) is 15.1 Å². The summed E-state index contributed by atoms with van der Waals surface area (Å²) in [5.41, 5.74) is -1.15. The van der Waals surface area contributed by atoms with Crippen molar-refractivity contribution >= 4 is 29.3 Å². The van der Waals surface area contributed by atoms with Gasteiger partial charge in [0.15, 0.2) is 0 Å². The first-order valence-electron chi connectivity index (χ1n) is 13.8. The molecule has 0 unspecified atom stereocenters. The molecular weight excluding hydrogens is 563 g/mol. The Balaban J connectivity index is 1.55. The van der Waals surface area contributed by atoms with Gasteiger partial charge in [-0.25, -0.2) is 0 Å². The maximum absolute atomic E-state index is 14.1. The monoisotopic (exact) mass is 597 g/mol. The Bertz CT molecular complexity index is 1480. The van der Waals surface area contributed by atoms with E-state index in [1.807, 2.05) is 20.8 Å². The van der Waals surface area contributed by atoms with Gasteiger partial charge in [-0.2, -0.15) is 18.4 Å². The molecule has 2 aromatic rings. The minimum atomic E-state index is -4.56. The van der Waals surface area contributed by atoms with Gasteiger partial charge in [0.1, 0.15) is 18.1 Å². The van der Waals surface area contributed by atoms with Crippen molar-refractivity contribution in [2.45, 2.75) is 70.3 Å². The maximum Gasteiger partial charge on any atom is 0.416 e. The van der Waals surface area contributed by atoms with Crippen LogP contribution in [0, 0.1) is 16.7 Å². The Hall–Kier alpha value is -4.40. The van der Waals surface area contributed by atoms with Gasteiger partial charge in [-0.3, -0.25) is 19.2 Å². The van der Waals surface area contributed by atoms with E-state index in [1.54, 1.807) is 24.3 Å². The normalized spacial score (nSPS) is 21.0. The number of anilines is 1. The molecule has 12 heteroatoms. The topological polar surface area (TPSA) is 123 Å². The van der Waals surface area contributed by atoms with Crippen LogP contribution in [0.3, 0.4) is 0 Å². The predicted octanol–water partition coefficient (Wildman–Crippen LogP) is 4.10. The van der Waals surface area contributed by atoms with Crippen LogP contribution in [-0.4, -0.2) is 65.1 Å². The SMILES string of the molecule is C[C@H](NC(=O)c1ccc(C(F)(F)F)cc1)C(=O)N(C)[C@@H](CC(C)(C)C)C(=O)N1C[C@]2(C[C@H]1C#N)C(=O)Nc1ccccc12.